The highest BCUT2D eigenvalue weighted by molar-refractivity contribution is 6.33. The number of nitrogen functional groups attached to an aromatic ring is 1. The van der Waals surface area contributed by atoms with Crippen LogP contribution in [0.1, 0.15) is 186 Å². The molecule has 3 spiro atoms. The van der Waals surface area contributed by atoms with E-state index in [1.807, 2.05) is 60.5 Å². The number of hydrogen-bond donors (Lipinski definition) is 5. The number of ether oxygens (including phenoxy) is 3. The first-order chi connectivity index (χ1) is 62.4. The number of fused-ring (bicyclic) bond motifs is 17. The van der Waals surface area contributed by atoms with E-state index < -0.39 is 92.4 Å². The van der Waals surface area contributed by atoms with Crippen LogP contribution in [0.3, 0.4) is 0 Å². The molecule has 9 aromatic carbocycles. The van der Waals surface area contributed by atoms with Crippen LogP contribution in [0.2, 0.25) is 30.1 Å². The number of quaternary nitrogens is 1. The summed E-state index contributed by atoms with van der Waals surface area (Å²) in [4.78, 5) is 85.1. The maximum atomic E-state index is 16.2. The average Bonchev–Trinajstić information content (AvgIpc) is 1.48. The number of nitrogens with one attached hydrogen (secondary N) is 4. The van der Waals surface area contributed by atoms with Gasteiger partial charge in [-0.25, -0.2) is 27.6 Å². The van der Waals surface area contributed by atoms with E-state index in [0.29, 0.717) is 138 Å². The van der Waals surface area contributed by atoms with Crippen molar-refractivity contribution in [2.45, 2.75) is 162 Å². The molecule has 0 radical (unpaired) electrons. The third-order valence-electron chi connectivity index (χ3n) is 29.7. The summed E-state index contributed by atoms with van der Waals surface area (Å²) in [7, 11) is 4.03. The topological polar surface area (TPSA) is 293 Å². The number of carbonyl (C=O) groups is 6. The number of aromatic nitrogens is 4. The number of rotatable bonds is 13. The number of nitrogens with two attached hydrogens (primary N) is 1. The Labute approximate surface area is 776 Å². The number of nitriles is 1. The third-order valence-corrected chi connectivity index (χ3v) is 31.3. The Bertz CT molecular complexity index is 6760. The summed E-state index contributed by atoms with van der Waals surface area (Å²) in [6, 6.07) is 41.0. The van der Waals surface area contributed by atoms with E-state index in [4.69, 9.17) is 105 Å². The molecule has 23 rings (SSSR count). The molecule has 32 heteroatoms. The van der Waals surface area contributed by atoms with Gasteiger partial charge in [0.2, 0.25) is 17.4 Å². The van der Waals surface area contributed by atoms with Crippen LogP contribution in [0, 0.1) is 72.5 Å². The van der Waals surface area contributed by atoms with Crippen molar-refractivity contribution in [3.8, 4) is 6.07 Å². The first-order valence-corrected chi connectivity index (χ1v) is 45.7. The second kappa shape index (κ2) is 32.4. The predicted molar refractivity (Wildman–Crippen MR) is 489 cm³/mol. The summed E-state index contributed by atoms with van der Waals surface area (Å²) in [5.41, 5.74) is 15.2. The zero-order valence-corrected chi connectivity index (χ0v) is 76.0. The van der Waals surface area contributed by atoms with Gasteiger partial charge in [-0.1, -0.05) is 136 Å². The van der Waals surface area contributed by atoms with Gasteiger partial charge in [0, 0.05) is 146 Å². The van der Waals surface area contributed by atoms with Crippen LogP contribution >= 0.6 is 69.6 Å². The van der Waals surface area contributed by atoms with Crippen LogP contribution in [0.25, 0.3) is 21.8 Å². The minimum Gasteiger partial charge on any atom is -0.632 e. The maximum Gasteiger partial charge on any atom is 0.338 e. The van der Waals surface area contributed by atoms with E-state index in [1.54, 1.807) is 103 Å². The molecule has 0 bridgehead atoms. The second-order valence-electron chi connectivity index (χ2n) is 36.3. The van der Waals surface area contributed by atoms with Crippen molar-refractivity contribution >= 4 is 150 Å². The van der Waals surface area contributed by atoms with E-state index in [9.17, 15) is 28.8 Å². The number of carbonyl (C=O) groups excluding carboxylic acids is 6. The Balaban J connectivity index is 0.000000120. The first-order valence-electron chi connectivity index (χ1n) is 43.5. The van der Waals surface area contributed by atoms with E-state index in [2.05, 4.69) is 31.1 Å². The molecule has 12 aliphatic rings. The van der Waals surface area contributed by atoms with Crippen LogP contribution in [-0.2, 0) is 58.1 Å². The number of likely N-dealkylation sites (tertiary alicyclic amines) is 3. The molecule has 14 atom stereocenters. The summed E-state index contributed by atoms with van der Waals surface area (Å²) < 4.78 is 66.2. The van der Waals surface area contributed by atoms with E-state index in [-0.39, 0.29) is 75.1 Å². The second-order valence-corrected chi connectivity index (χ2v) is 38.8. The Kier molecular flexibility index (Phi) is 21.8. The lowest BCUT2D eigenvalue weighted by atomic mass is 9.73. The van der Waals surface area contributed by atoms with Crippen molar-refractivity contribution in [3.05, 3.63) is 282 Å². The number of methoxy groups -OCH3 is 3. The molecule has 130 heavy (non-hydrogen) atoms. The molecule has 7 fully saturated rings. The number of hydrogen-bond acceptors (Lipinski definition) is 17. The van der Waals surface area contributed by atoms with Gasteiger partial charge in [0.1, 0.15) is 40.6 Å². The zero-order valence-electron chi connectivity index (χ0n) is 71.5. The predicted octanol–water partition coefficient (Wildman–Crippen LogP) is 19.3. The molecular formula is C98H88Cl6F3N13O10. The van der Waals surface area contributed by atoms with Crippen molar-refractivity contribution in [1.82, 2.24) is 34.7 Å². The lowest BCUT2D eigenvalue weighted by molar-refractivity contribution is -0.940. The van der Waals surface area contributed by atoms with Gasteiger partial charge >= 0.3 is 17.9 Å². The SMILES string of the molecule is CC#N.COC(=O)c1ccc(C2C[C@H]3[C@@H](N2)[C@H](c2cccc(Cl)c2F)[C@]2(C(=O)Nc4cc(Cl)ccc42)N3CC2CC2)c(N)c1C.COC(=O)c1ccc2c3n(nc2c1C)[C@@H]1[C@H](C3)N(CC2CC2)[C@@]2(C(=O)Nc3cc(Cl)ccc32)[C@H]1c1cccc(Cl)c1F.COC(=O)c1ccc2c3n(nc2c1C)[C@H]1[C@H](c2cccc(Cl)c2F)[C@]2(C(=O)Nc4cc(Cl)ccc42)[N+]([O-])(CC2CC2)[C@H]1C3. The molecule has 11 heterocycles. The summed E-state index contributed by atoms with van der Waals surface area (Å²) in [5.74, 6) is -4.98. The Morgan fingerprint density at radius 2 is 0.946 bits per heavy atom. The van der Waals surface area contributed by atoms with Gasteiger partial charge in [0.25, 0.3) is 5.91 Å². The van der Waals surface area contributed by atoms with E-state index in [0.717, 1.165) is 82.9 Å². The number of nitrogens with zero attached hydrogens (tertiary/aromatic N) is 8. The number of aryl methyl sites for hydroxylation is 2. The van der Waals surface area contributed by atoms with Gasteiger partial charge in [0.05, 0.1) is 100 Å². The van der Waals surface area contributed by atoms with Gasteiger partial charge in [0.15, 0.2) is 0 Å². The summed E-state index contributed by atoms with van der Waals surface area (Å²) in [5, 5.41) is 49.4. The van der Waals surface area contributed by atoms with Gasteiger partial charge in [-0.3, -0.25) is 33.5 Å². The minimum atomic E-state index is -1.70. The van der Waals surface area contributed by atoms with Crippen molar-refractivity contribution in [2.75, 3.05) is 62.6 Å². The van der Waals surface area contributed by atoms with E-state index in [1.165, 1.54) is 46.5 Å². The molecule has 4 saturated heterocycles. The molecule has 2 aromatic heterocycles. The fraction of sp³-hybridized carbons (Fsp3) is 0.357. The largest absolute Gasteiger partial charge is 0.632 e. The smallest absolute Gasteiger partial charge is 0.338 e. The number of amides is 3. The van der Waals surface area contributed by atoms with Crippen molar-refractivity contribution in [1.29, 1.82) is 5.26 Å². The standard InChI is InChI=1S/C32H27Cl2FN4O4.C32H27Cl2FN4O3.C32H31Cl2FN4O3.C2H3N/c1-15-18(30(40)43-2)9-10-19-24-13-25-29(38(24)37-28(15)19)26(20-4-3-5-22(34)27(20)35)32(39(25,42)14-16-6-7-16)21-11-8-17(33)12-23(21)36-31(32)41;1-15-18(30(40)42-2)9-10-19-24-13-25-29(39(24)37-28(15)19)26(20-4-3-5-22(34)27(20)35)32(38(25)14-16-6-7-16)21-11-8-17(33)12-23(21)36-31(32)41;1-15-18(30(40)42-2)9-10-19(28(15)36)23-13-25-29(37-23)26(20-4-3-5-22(34)27(20)35)32(39(25)14-16-6-7-16)21-11-8-17(33)12-24(21)38-31(32)41;1-2-3/h3-5,8-12,16,25-26,29H,6-7,13-14H2,1-2H3,(H,36,41);3-5,8-12,16,25-26,29H,6-7,13-14H2,1-2H3,(H,36,41);3-5,8-12,16,23,25-26,29,37H,6-7,13-14,36H2,1-2H3,(H,38,41);1H3/t25-,26-,29+,32+,39?;25-,26-,29+,32+;23?,25-,26-,29+,32+;/m000./s1. The fourth-order valence-corrected chi connectivity index (χ4v) is 24.8. The maximum absolute atomic E-state index is 16.2. The number of hydroxylamine groups is 3. The monoisotopic (exact) mass is 1870 g/mol. The Hall–Kier alpha value is -10.6. The van der Waals surface area contributed by atoms with Crippen LogP contribution in [-0.4, -0.2) is 135 Å². The number of esters is 3. The molecule has 3 saturated carbocycles. The molecular weight excluding hydrogens is 1790 g/mol. The first kappa shape index (κ1) is 87.3. The number of benzene rings is 9. The highest BCUT2D eigenvalue weighted by Crippen LogP contribution is 2.70. The lowest BCUT2D eigenvalue weighted by Crippen LogP contribution is -2.64. The van der Waals surface area contributed by atoms with Crippen LogP contribution in [0.5, 0.6) is 0 Å². The van der Waals surface area contributed by atoms with Crippen molar-refractivity contribution < 1.29 is 60.8 Å². The zero-order chi connectivity index (χ0) is 91.3. The summed E-state index contributed by atoms with van der Waals surface area (Å²) in [6.45, 7) is 8.56. The van der Waals surface area contributed by atoms with Crippen LogP contribution in [0.15, 0.2) is 146 Å². The normalized spacial score (nSPS) is 27.1. The minimum absolute atomic E-state index is 0.0111. The Morgan fingerprint density at radius 1 is 0.531 bits per heavy atom. The van der Waals surface area contributed by atoms with Crippen LogP contribution < -0.4 is 27.0 Å². The third kappa shape index (κ3) is 12.9. The molecule has 6 N–H and O–H groups in total. The van der Waals surface area contributed by atoms with Crippen LogP contribution in [0.4, 0.5) is 35.9 Å². The fourth-order valence-electron chi connectivity index (χ4n) is 23.8. The van der Waals surface area contributed by atoms with Gasteiger partial charge in [-0.2, -0.15) is 15.5 Å². The van der Waals surface area contributed by atoms with Crippen molar-refractivity contribution in [2.24, 2.45) is 17.8 Å². The highest BCUT2D eigenvalue weighted by atomic mass is 35.5. The quantitative estimate of drug-likeness (QED) is 0.0236. The highest BCUT2D eigenvalue weighted by Gasteiger charge is 2.78. The lowest BCUT2D eigenvalue weighted by Gasteiger charge is -2.54. The molecule has 2 unspecified atom stereocenters. The summed E-state index contributed by atoms with van der Waals surface area (Å²) in [6.07, 6.45) is 7.80. The molecule has 9 aliphatic heterocycles. The van der Waals surface area contributed by atoms with E-state index >= 15 is 18.4 Å². The van der Waals surface area contributed by atoms with Gasteiger partial charge < -0.3 is 51.1 Å². The molecule has 668 valence electrons. The van der Waals surface area contributed by atoms with Gasteiger partial charge in [-0.15, -0.1) is 0 Å². The number of anilines is 4. The molecule has 3 amide bonds. The molecule has 11 aromatic rings. The molecule has 3 aliphatic carbocycles. The van der Waals surface area contributed by atoms with Crippen molar-refractivity contribution in [3.63, 3.8) is 0 Å². The molecule has 23 nitrogen and oxygen atoms in total. The Morgan fingerprint density at radius 3 is 1.43 bits per heavy atom. The van der Waals surface area contributed by atoms with Gasteiger partial charge in [-0.05, 0) is 190 Å². The average molecular weight is 1880 g/mol. The summed E-state index contributed by atoms with van der Waals surface area (Å²) >= 11 is 38.2. The number of halogens is 9.